The van der Waals surface area contributed by atoms with E-state index in [2.05, 4.69) is 46.8 Å². The summed E-state index contributed by atoms with van der Waals surface area (Å²) in [6, 6.07) is 28.6. The topological polar surface area (TPSA) is 98.8 Å². The Morgan fingerprint density at radius 2 is 1.65 bits per heavy atom. The minimum absolute atomic E-state index is 0. The Balaban J connectivity index is 0.00000261. The van der Waals surface area contributed by atoms with Crippen LogP contribution in [-0.2, 0) is 33.7 Å². The molecule has 3 heterocycles. The molecular weight excluding hydrogens is 721 g/mol. The van der Waals surface area contributed by atoms with E-state index in [9.17, 15) is 9.59 Å². The number of amides is 1. The molecule has 2 aliphatic rings. The number of aryl methyl sites for hydroxylation is 1. The first kappa shape index (κ1) is 38.6. The van der Waals surface area contributed by atoms with E-state index in [1.54, 1.807) is 0 Å². The van der Waals surface area contributed by atoms with Gasteiger partial charge in [0, 0.05) is 29.9 Å². The van der Waals surface area contributed by atoms with E-state index in [0.717, 1.165) is 55.8 Å². The largest absolute Gasteiger partial charge is 0.485 e. The maximum atomic E-state index is 13.5. The Kier molecular flexibility index (Phi) is 12.5. The molecule has 0 saturated carbocycles. The van der Waals surface area contributed by atoms with Gasteiger partial charge in [-0.3, -0.25) is 9.78 Å². The number of nitrogens with zero attached hydrogens (tertiary/aromatic N) is 1. The number of esters is 1. The highest BCUT2D eigenvalue weighted by Crippen LogP contribution is 2.40. The number of aromatic nitrogens is 1. The van der Waals surface area contributed by atoms with Crippen LogP contribution in [0.2, 0.25) is 5.02 Å². The lowest BCUT2D eigenvalue weighted by molar-refractivity contribution is -0.145. The molecule has 0 unspecified atom stereocenters. The number of nitrogens with one attached hydrogen (secondary N) is 2. The number of hydrogen-bond acceptors (Lipinski definition) is 7. The van der Waals surface area contributed by atoms with Crippen LogP contribution < -0.4 is 20.1 Å². The molecule has 5 aromatic rings. The van der Waals surface area contributed by atoms with Gasteiger partial charge in [0.15, 0.2) is 17.6 Å². The monoisotopic (exact) mass is 759 g/mol. The standard InChI is InChI=1S/C41H38ClN3O5.2ClH/c1-24-25(2)43-16-15-34(24)28-9-7-26(8-10-28)17-36(41(47)48-3)45-40(46)35-19-31-20-37-38(21-32(31)22-44-35)50-39(23-49-37)29-13-11-27(12-14-29)30-5-4-6-33(42)18-30;;/h4-16,18,20-21,35-36,39,44H,17,19,22-23H2,1-3H3,(H,45,46);2*1H/t35-,36-,39+;;/m0../s1. The van der Waals surface area contributed by atoms with Crippen molar-refractivity contribution in [2.75, 3.05) is 13.7 Å². The summed E-state index contributed by atoms with van der Waals surface area (Å²) in [6.45, 7) is 4.89. The average molecular weight is 761 g/mol. The van der Waals surface area contributed by atoms with Crippen molar-refractivity contribution in [2.24, 2.45) is 0 Å². The van der Waals surface area contributed by atoms with Crippen LogP contribution in [0.4, 0.5) is 0 Å². The van der Waals surface area contributed by atoms with Crippen molar-refractivity contribution in [1.82, 2.24) is 15.6 Å². The van der Waals surface area contributed by atoms with E-state index in [-0.39, 0.29) is 36.8 Å². The number of methoxy groups -OCH3 is 1. The van der Waals surface area contributed by atoms with Gasteiger partial charge >= 0.3 is 5.97 Å². The molecule has 0 bridgehead atoms. The molecular formula is C41H40Cl3N3O5. The van der Waals surface area contributed by atoms with Crippen molar-refractivity contribution >= 4 is 48.3 Å². The first-order chi connectivity index (χ1) is 24.2. The van der Waals surface area contributed by atoms with Gasteiger partial charge < -0.3 is 24.8 Å². The van der Waals surface area contributed by atoms with Crippen molar-refractivity contribution in [3.05, 3.63) is 136 Å². The van der Waals surface area contributed by atoms with Gasteiger partial charge in [0.1, 0.15) is 12.6 Å². The number of pyridine rings is 1. The van der Waals surface area contributed by atoms with Crippen LogP contribution in [0.5, 0.6) is 11.5 Å². The van der Waals surface area contributed by atoms with E-state index >= 15 is 0 Å². The van der Waals surface area contributed by atoms with E-state index < -0.39 is 18.1 Å². The third kappa shape index (κ3) is 8.37. The Bertz CT molecular complexity index is 2060. The number of hydrogen-bond donors (Lipinski definition) is 2. The molecule has 0 radical (unpaired) electrons. The summed E-state index contributed by atoms with van der Waals surface area (Å²) in [5, 5.41) is 6.97. The summed E-state index contributed by atoms with van der Waals surface area (Å²) < 4.78 is 17.7. The van der Waals surface area contributed by atoms with E-state index in [0.29, 0.717) is 42.5 Å². The molecule has 4 aromatic carbocycles. The Hall–Kier alpha value is -4.60. The van der Waals surface area contributed by atoms with Crippen LogP contribution in [0, 0.1) is 13.8 Å². The fourth-order valence-corrected chi connectivity index (χ4v) is 6.80. The minimum Gasteiger partial charge on any atom is -0.485 e. The lowest BCUT2D eigenvalue weighted by Crippen LogP contribution is -2.53. The third-order valence-corrected chi connectivity index (χ3v) is 9.84. The molecule has 2 aliphatic heterocycles. The minimum atomic E-state index is -0.830. The summed E-state index contributed by atoms with van der Waals surface area (Å²) in [7, 11) is 1.33. The number of fused-ring (bicyclic) bond motifs is 2. The second kappa shape index (κ2) is 16.8. The molecule has 1 aromatic heterocycles. The number of halogens is 3. The fraction of sp³-hybridized carbons (Fsp3) is 0.244. The predicted octanol–water partition coefficient (Wildman–Crippen LogP) is 7.96. The Morgan fingerprint density at radius 1 is 0.923 bits per heavy atom. The third-order valence-electron chi connectivity index (χ3n) is 9.61. The first-order valence-electron chi connectivity index (χ1n) is 16.7. The van der Waals surface area contributed by atoms with Gasteiger partial charge in [0.2, 0.25) is 5.91 Å². The fourth-order valence-electron chi connectivity index (χ4n) is 6.61. The summed E-state index contributed by atoms with van der Waals surface area (Å²) in [6.07, 6.45) is 2.31. The van der Waals surface area contributed by atoms with Crippen LogP contribution in [0.1, 0.15) is 39.6 Å². The summed E-state index contributed by atoms with van der Waals surface area (Å²) in [4.78, 5) is 30.7. The Labute approximate surface area is 321 Å². The van der Waals surface area contributed by atoms with Gasteiger partial charge in [-0.25, -0.2) is 4.79 Å². The van der Waals surface area contributed by atoms with Crippen LogP contribution in [0.3, 0.4) is 0 Å². The van der Waals surface area contributed by atoms with Gasteiger partial charge in [0.25, 0.3) is 0 Å². The summed E-state index contributed by atoms with van der Waals surface area (Å²) in [5.41, 5.74) is 10.4. The number of benzene rings is 4. The normalized spacial score (nSPS) is 16.3. The van der Waals surface area contributed by atoms with Crippen LogP contribution >= 0.6 is 36.4 Å². The lowest BCUT2D eigenvalue weighted by Gasteiger charge is -2.31. The molecule has 8 nitrogen and oxygen atoms in total. The van der Waals surface area contributed by atoms with Crippen molar-refractivity contribution in [3.63, 3.8) is 0 Å². The molecule has 52 heavy (non-hydrogen) atoms. The molecule has 0 spiro atoms. The van der Waals surface area contributed by atoms with Crippen LogP contribution in [0.25, 0.3) is 22.3 Å². The lowest BCUT2D eigenvalue weighted by atomic mass is 9.94. The molecule has 1 amide bonds. The summed E-state index contributed by atoms with van der Waals surface area (Å²) >= 11 is 6.18. The van der Waals surface area contributed by atoms with E-state index in [1.165, 1.54) is 7.11 Å². The summed E-state index contributed by atoms with van der Waals surface area (Å²) in [5.74, 6) is 0.577. The van der Waals surface area contributed by atoms with Gasteiger partial charge in [0.05, 0.1) is 13.2 Å². The predicted molar refractivity (Wildman–Crippen MR) is 208 cm³/mol. The number of carbonyl (C=O) groups excluding carboxylic acids is 2. The Morgan fingerprint density at radius 3 is 2.38 bits per heavy atom. The molecule has 11 heteroatoms. The van der Waals surface area contributed by atoms with Gasteiger partial charge in [-0.2, -0.15) is 0 Å². The highest BCUT2D eigenvalue weighted by Gasteiger charge is 2.31. The maximum Gasteiger partial charge on any atom is 0.328 e. The van der Waals surface area contributed by atoms with Crippen LogP contribution in [-0.4, -0.2) is 42.7 Å². The van der Waals surface area contributed by atoms with E-state index in [1.807, 2.05) is 79.9 Å². The molecule has 7 rings (SSSR count). The van der Waals surface area contributed by atoms with Crippen molar-refractivity contribution in [1.29, 1.82) is 0 Å². The molecule has 0 saturated heterocycles. The molecule has 3 atom stereocenters. The number of carbonyl (C=O) groups is 2. The van der Waals surface area contributed by atoms with E-state index in [4.69, 9.17) is 25.8 Å². The van der Waals surface area contributed by atoms with Gasteiger partial charge in [-0.15, -0.1) is 24.8 Å². The second-order valence-corrected chi connectivity index (χ2v) is 13.2. The number of ether oxygens (including phenoxy) is 3. The van der Waals surface area contributed by atoms with Crippen molar-refractivity contribution in [2.45, 2.75) is 51.4 Å². The highest BCUT2D eigenvalue weighted by molar-refractivity contribution is 6.30. The number of rotatable bonds is 8. The zero-order chi connectivity index (χ0) is 34.8. The highest BCUT2D eigenvalue weighted by atomic mass is 35.5. The zero-order valence-electron chi connectivity index (χ0n) is 29.0. The zero-order valence-corrected chi connectivity index (χ0v) is 31.4. The van der Waals surface area contributed by atoms with Crippen molar-refractivity contribution in [3.8, 4) is 33.8 Å². The van der Waals surface area contributed by atoms with Gasteiger partial charge in [-0.05, 0) is 101 Å². The first-order valence-corrected chi connectivity index (χ1v) is 17.1. The quantitative estimate of drug-likeness (QED) is 0.155. The van der Waals surface area contributed by atoms with Gasteiger partial charge in [-0.1, -0.05) is 72.3 Å². The van der Waals surface area contributed by atoms with Crippen molar-refractivity contribution < 1.29 is 23.8 Å². The van der Waals surface area contributed by atoms with Crippen LogP contribution in [0.15, 0.2) is 97.2 Å². The average Bonchev–Trinajstić information content (AvgIpc) is 3.14. The SMILES string of the molecule is COC(=O)[C@H](Cc1ccc(-c2ccnc(C)c2C)cc1)NC(=O)[C@@H]1Cc2cc3c(cc2CN1)O[C@@H](c1ccc(-c2cccc(Cl)c2)cc1)CO3.Cl.Cl. The smallest absolute Gasteiger partial charge is 0.328 e. The molecule has 0 aliphatic carbocycles. The molecule has 0 fully saturated rings. The second-order valence-electron chi connectivity index (χ2n) is 12.8. The maximum absolute atomic E-state index is 13.5. The molecule has 2 N–H and O–H groups in total. The molecule has 270 valence electrons.